The Labute approximate surface area is 161 Å². The molecule has 27 heavy (non-hydrogen) atoms. The predicted octanol–water partition coefficient (Wildman–Crippen LogP) is 2.69. The van der Waals surface area contributed by atoms with E-state index in [4.69, 9.17) is 9.73 Å². The highest BCUT2D eigenvalue weighted by Crippen LogP contribution is 2.22. The van der Waals surface area contributed by atoms with Crippen molar-refractivity contribution in [3.05, 3.63) is 53.9 Å². The Kier molecular flexibility index (Phi) is 6.52. The molecule has 1 aliphatic heterocycles. The van der Waals surface area contributed by atoms with Crippen LogP contribution in [0.2, 0.25) is 0 Å². The molecule has 0 saturated carbocycles. The van der Waals surface area contributed by atoms with E-state index in [1.54, 1.807) is 7.11 Å². The molecule has 144 valence electrons. The topological polar surface area (TPSA) is 53.0 Å². The Bertz CT molecular complexity index is 769. The molecule has 0 radical (unpaired) electrons. The number of ether oxygens (including phenoxy) is 1. The first-order valence-corrected chi connectivity index (χ1v) is 9.54. The summed E-state index contributed by atoms with van der Waals surface area (Å²) in [4.78, 5) is 14.1. The summed E-state index contributed by atoms with van der Waals surface area (Å²) in [6.45, 7) is 9.36. The number of aliphatic imine (C=N–C) groups is 1. The minimum Gasteiger partial charge on any atom is -0.497 e. The summed E-state index contributed by atoms with van der Waals surface area (Å²) >= 11 is 0. The zero-order chi connectivity index (χ0) is 19.1. The van der Waals surface area contributed by atoms with Gasteiger partial charge in [0.15, 0.2) is 5.96 Å². The summed E-state index contributed by atoms with van der Waals surface area (Å²) in [5.74, 6) is 1.86. The van der Waals surface area contributed by atoms with Gasteiger partial charge in [0, 0.05) is 50.2 Å². The van der Waals surface area contributed by atoms with Crippen molar-refractivity contribution in [2.45, 2.75) is 20.4 Å². The van der Waals surface area contributed by atoms with Gasteiger partial charge in [-0.3, -0.25) is 4.98 Å². The van der Waals surface area contributed by atoms with Crippen LogP contribution in [0.4, 0.5) is 5.69 Å². The van der Waals surface area contributed by atoms with Crippen LogP contribution in [-0.2, 0) is 6.54 Å². The molecule has 1 fully saturated rings. The van der Waals surface area contributed by atoms with Crippen molar-refractivity contribution < 1.29 is 4.74 Å². The molecule has 1 aromatic heterocycles. The lowest BCUT2D eigenvalue weighted by molar-refractivity contribution is 0.372. The van der Waals surface area contributed by atoms with Crippen LogP contribution in [0.3, 0.4) is 0 Å². The molecule has 0 atom stereocenters. The fourth-order valence-electron chi connectivity index (χ4n) is 3.25. The van der Waals surface area contributed by atoms with E-state index >= 15 is 0 Å². The highest BCUT2D eigenvalue weighted by molar-refractivity contribution is 5.80. The van der Waals surface area contributed by atoms with Crippen LogP contribution in [0.5, 0.6) is 5.75 Å². The fourth-order valence-corrected chi connectivity index (χ4v) is 3.25. The van der Waals surface area contributed by atoms with E-state index in [1.807, 2.05) is 37.3 Å². The monoisotopic (exact) mass is 367 g/mol. The molecular weight excluding hydrogens is 338 g/mol. The van der Waals surface area contributed by atoms with Crippen molar-refractivity contribution in [1.29, 1.82) is 0 Å². The fraction of sp³-hybridized carbons (Fsp3) is 0.429. The number of nitrogens with one attached hydrogen (secondary N) is 1. The van der Waals surface area contributed by atoms with E-state index in [-0.39, 0.29) is 0 Å². The van der Waals surface area contributed by atoms with Crippen LogP contribution in [0.25, 0.3) is 0 Å². The van der Waals surface area contributed by atoms with Gasteiger partial charge in [0.25, 0.3) is 0 Å². The molecule has 0 spiro atoms. The summed E-state index contributed by atoms with van der Waals surface area (Å²) in [7, 11) is 1.71. The van der Waals surface area contributed by atoms with Gasteiger partial charge in [0.1, 0.15) is 5.75 Å². The van der Waals surface area contributed by atoms with Crippen LogP contribution in [0.1, 0.15) is 18.3 Å². The molecule has 2 heterocycles. The summed E-state index contributed by atoms with van der Waals surface area (Å²) in [5.41, 5.74) is 3.24. The van der Waals surface area contributed by atoms with E-state index in [0.29, 0.717) is 6.54 Å². The normalized spacial score (nSPS) is 15.0. The molecule has 1 N–H and O–H groups in total. The summed E-state index contributed by atoms with van der Waals surface area (Å²) in [6.07, 6.45) is 0. The molecular formula is C21H29N5O. The number of benzene rings is 1. The van der Waals surface area contributed by atoms with Gasteiger partial charge in [0.05, 0.1) is 19.3 Å². The van der Waals surface area contributed by atoms with Crippen LogP contribution in [0, 0.1) is 6.92 Å². The first-order valence-electron chi connectivity index (χ1n) is 9.54. The molecule has 6 heteroatoms. The van der Waals surface area contributed by atoms with Crippen LogP contribution in [-0.4, -0.2) is 55.7 Å². The molecule has 0 bridgehead atoms. The predicted molar refractivity (Wildman–Crippen MR) is 111 cm³/mol. The number of rotatable bonds is 5. The smallest absolute Gasteiger partial charge is 0.194 e. The number of aryl methyl sites for hydroxylation is 1. The van der Waals surface area contributed by atoms with Gasteiger partial charge in [-0.15, -0.1) is 0 Å². The number of anilines is 1. The molecule has 2 aromatic rings. The first-order chi connectivity index (χ1) is 13.2. The number of pyridine rings is 1. The maximum absolute atomic E-state index is 5.35. The van der Waals surface area contributed by atoms with Gasteiger partial charge < -0.3 is 19.9 Å². The average molecular weight is 367 g/mol. The lowest BCUT2D eigenvalue weighted by Gasteiger charge is -2.37. The van der Waals surface area contributed by atoms with Crippen LogP contribution in [0.15, 0.2) is 47.5 Å². The quantitative estimate of drug-likeness (QED) is 0.650. The number of hydrogen-bond acceptors (Lipinski definition) is 4. The zero-order valence-electron chi connectivity index (χ0n) is 16.5. The Morgan fingerprint density at radius 2 is 1.93 bits per heavy atom. The van der Waals surface area contributed by atoms with E-state index in [0.717, 1.165) is 55.8 Å². The van der Waals surface area contributed by atoms with Crippen molar-refractivity contribution >= 4 is 11.6 Å². The largest absolute Gasteiger partial charge is 0.497 e. The van der Waals surface area contributed by atoms with Crippen molar-refractivity contribution in [1.82, 2.24) is 15.2 Å². The Hall–Kier alpha value is -2.76. The van der Waals surface area contributed by atoms with Crippen molar-refractivity contribution in [2.75, 3.05) is 44.7 Å². The summed E-state index contributed by atoms with van der Waals surface area (Å²) in [5, 5.41) is 3.42. The highest BCUT2D eigenvalue weighted by atomic mass is 16.5. The number of piperazine rings is 1. The molecule has 1 aromatic carbocycles. The van der Waals surface area contributed by atoms with E-state index in [9.17, 15) is 0 Å². The lowest BCUT2D eigenvalue weighted by atomic mass is 10.2. The number of aromatic nitrogens is 1. The third-order valence-corrected chi connectivity index (χ3v) is 4.67. The van der Waals surface area contributed by atoms with E-state index in [2.05, 4.69) is 39.2 Å². The molecule has 6 nitrogen and oxygen atoms in total. The number of methoxy groups -OCH3 is 1. The highest BCUT2D eigenvalue weighted by Gasteiger charge is 2.20. The standard InChI is InChI=1S/C21H29N5O/c1-4-22-21(23-16-18-8-5-7-17(2)24-18)26-13-11-25(12-14-26)19-9-6-10-20(15-19)27-3/h5-10,15H,4,11-14,16H2,1-3H3,(H,22,23). The number of hydrogen-bond donors (Lipinski definition) is 1. The molecule has 3 rings (SSSR count). The SMILES string of the molecule is CCNC(=NCc1cccc(C)n1)N1CCN(c2cccc(OC)c2)CC1. The van der Waals surface area contributed by atoms with Gasteiger partial charge in [-0.25, -0.2) is 4.99 Å². The third kappa shape index (κ3) is 5.12. The molecule has 1 aliphatic rings. The molecule has 1 saturated heterocycles. The maximum atomic E-state index is 5.35. The van der Waals surface area contributed by atoms with Crippen LogP contribution < -0.4 is 15.0 Å². The Morgan fingerprint density at radius 3 is 2.63 bits per heavy atom. The Morgan fingerprint density at radius 1 is 1.15 bits per heavy atom. The summed E-state index contributed by atoms with van der Waals surface area (Å²) < 4.78 is 5.35. The van der Waals surface area contributed by atoms with E-state index in [1.165, 1.54) is 5.69 Å². The van der Waals surface area contributed by atoms with E-state index < -0.39 is 0 Å². The van der Waals surface area contributed by atoms with Gasteiger partial charge in [0.2, 0.25) is 0 Å². The molecule has 0 aliphatic carbocycles. The second-order valence-electron chi connectivity index (χ2n) is 6.62. The minimum absolute atomic E-state index is 0.597. The number of nitrogens with zero attached hydrogens (tertiary/aromatic N) is 4. The maximum Gasteiger partial charge on any atom is 0.194 e. The van der Waals surface area contributed by atoms with Gasteiger partial charge in [-0.05, 0) is 38.1 Å². The second-order valence-corrected chi connectivity index (χ2v) is 6.62. The van der Waals surface area contributed by atoms with Gasteiger partial charge in [-0.2, -0.15) is 0 Å². The second kappa shape index (κ2) is 9.26. The third-order valence-electron chi connectivity index (χ3n) is 4.67. The minimum atomic E-state index is 0.597. The lowest BCUT2D eigenvalue weighted by Crippen LogP contribution is -2.52. The zero-order valence-corrected chi connectivity index (χ0v) is 16.5. The average Bonchev–Trinajstić information content (AvgIpc) is 2.71. The van der Waals surface area contributed by atoms with Crippen molar-refractivity contribution in [2.24, 2.45) is 4.99 Å². The van der Waals surface area contributed by atoms with Gasteiger partial charge in [-0.1, -0.05) is 12.1 Å². The Balaban J connectivity index is 1.63. The molecule has 0 amide bonds. The van der Waals surface area contributed by atoms with Gasteiger partial charge >= 0.3 is 0 Å². The van der Waals surface area contributed by atoms with Crippen molar-refractivity contribution in [3.8, 4) is 5.75 Å². The number of guanidine groups is 1. The summed E-state index contributed by atoms with van der Waals surface area (Å²) in [6, 6.07) is 14.3. The van der Waals surface area contributed by atoms with Crippen LogP contribution >= 0.6 is 0 Å². The first kappa shape index (κ1) is 19.0. The van der Waals surface area contributed by atoms with Crippen molar-refractivity contribution in [3.63, 3.8) is 0 Å². The molecule has 0 unspecified atom stereocenters.